The molecule has 0 saturated carbocycles. The number of pyridine rings is 1. The van der Waals surface area contributed by atoms with E-state index in [1.807, 2.05) is 65.6 Å². The van der Waals surface area contributed by atoms with Gasteiger partial charge in [-0.05, 0) is 41.5 Å². The van der Waals surface area contributed by atoms with E-state index in [1.54, 1.807) is 6.20 Å². The summed E-state index contributed by atoms with van der Waals surface area (Å²) < 4.78 is 1.89. The van der Waals surface area contributed by atoms with E-state index >= 15 is 0 Å². The summed E-state index contributed by atoms with van der Waals surface area (Å²) in [7, 11) is 0. The van der Waals surface area contributed by atoms with E-state index in [0.717, 1.165) is 27.9 Å². The molecule has 0 radical (unpaired) electrons. The van der Waals surface area contributed by atoms with Crippen LogP contribution in [0.15, 0.2) is 85.3 Å². The lowest BCUT2D eigenvalue weighted by Crippen LogP contribution is -2.00. The molecule has 2 aromatic heterocycles. The monoisotopic (exact) mass is 336 g/mol. The van der Waals surface area contributed by atoms with Gasteiger partial charge in [0.15, 0.2) is 0 Å². The zero-order valence-electron chi connectivity index (χ0n) is 14.1. The number of hydrogen-bond donors (Lipinski definition) is 0. The highest BCUT2D eigenvalue weighted by atomic mass is 15.3. The van der Waals surface area contributed by atoms with Gasteiger partial charge in [-0.25, -0.2) is 0 Å². The zero-order chi connectivity index (χ0) is 17.8. The Labute approximate surface area is 152 Å². The lowest BCUT2D eigenvalue weighted by atomic mass is 10.0. The molecule has 2 aromatic carbocycles. The van der Waals surface area contributed by atoms with Crippen LogP contribution >= 0.6 is 0 Å². The van der Waals surface area contributed by atoms with Crippen LogP contribution in [-0.4, -0.2) is 14.8 Å². The van der Waals surface area contributed by atoms with E-state index in [2.05, 4.69) is 34.4 Å². The van der Waals surface area contributed by atoms with Crippen molar-refractivity contribution in [1.82, 2.24) is 14.8 Å². The molecular weight excluding hydrogens is 320 g/mol. The van der Waals surface area contributed by atoms with Crippen molar-refractivity contribution in [3.05, 3.63) is 96.4 Å². The third kappa shape index (κ3) is 3.38. The SMILES string of the molecule is N#Cc1cccc(Cn2ccc(-c3cccc(-c4cccnc4)c3)n2)c1. The standard InChI is InChI=1S/C22H16N4/c23-14-17-4-1-5-18(12-17)16-26-11-9-22(25-26)20-7-2-6-19(13-20)21-8-3-10-24-15-21/h1-13,15H,16H2. The van der Waals surface area contributed by atoms with E-state index in [1.165, 1.54) is 0 Å². The van der Waals surface area contributed by atoms with E-state index < -0.39 is 0 Å². The molecule has 0 spiro atoms. The number of rotatable bonds is 4. The average molecular weight is 336 g/mol. The summed E-state index contributed by atoms with van der Waals surface area (Å²) in [5.41, 5.74) is 5.92. The Morgan fingerprint density at radius 3 is 2.58 bits per heavy atom. The third-order valence-electron chi connectivity index (χ3n) is 4.19. The largest absolute Gasteiger partial charge is 0.268 e. The summed E-state index contributed by atoms with van der Waals surface area (Å²) in [4.78, 5) is 4.19. The Morgan fingerprint density at radius 2 is 1.73 bits per heavy atom. The van der Waals surface area contributed by atoms with Crippen LogP contribution < -0.4 is 0 Å². The zero-order valence-corrected chi connectivity index (χ0v) is 14.1. The minimum absolute atomic E-state index is 0.637. The molecule has 4 aromatic rings. The Morgan fingerprint density at radius 1 is 0.885 bits per heavy atom. The molecule has 0 unspecified atom stereocenters. The van der Waals surface area contributed by atoms with Gasteiger partial charge in [0.1, 0.15) is 0 Å². The van der Waals surface area contributed by atoms with Crippen molar-refractivity contribution in [2.45, 2.75) is 6.54 Å². The molecule has 4 nitrogen and oxygen atoms in total. The summed E-state index contributed by atoms with van der Waals surface area (Å²) in [6, 6.07) is 24.1. The van der Waals surface area contributed by atoms with Crippen molar-refractivity contribution < 1.29 is 0 Å². The Kier molecular flexibility index (Phi) is 4.28. The van der Waals surface area contributed by atoms with Gasteiger partial charge in [0.2, 0.25) is 0 Å². The van der Waals surface area contributed by atoms with Gasteiger partial charge in [-0.15, -0.1) is 0 Å². The predicted octanol–water partition coefficient (Wildman–Crippen LogP) is 4.53. The lowest BCUT2D eigenvalue weighted by molar-refractivity contribution is 0.689. The van der Waals surface area contributed by atoms with Gasteiger partial charge < -0.3 is 0 Å². The van der Waals surface area contributed by atoms with Gasteiger partial charge in [-0.2, -0.15) is 10.4 Å². The average Bonchev–Trinajstić information content (AvgIpc) is 3.17. The fraction of sp³-hybridized carbons (Fsp3) is 0.0455. The molecule has 0 N–H and O–H groups in total. The Bertz CT molecular complexity index is 1070. The highest BCUT2D eigenvalue weighted by molar-refractivity contribution is 5.70. The van der Waals surface area contributed by atoms with Gasteiger partial charge >= 0.3 is 0 Å². The summed E-state index contributed by atoms with van der Waals surface area (Å²) in [5.74, 6) is 0. The molecule has 124 valence electrons. The number of benzene rings is 2. The van der Waals surface area contributed by atoms with E-state index in [-0.39, 0.29) is 0 Å². The van der Waals surface area contributed by atoms with Crippen molar-refractivity contribution in [2.24, 2.45) is 0 Å². The van der Waals surface area contributed by atoms with Crippen molar-refractivity contribution in [3.8, 4) is 28.5 Å². The van der Waals surface area contributed by atoms with Crippen LogP contribution in [0.2, 0.25) is 0 Å². The second-order valence-corrected chi connectivity index (χ2v) is 6.03. The molecule has 0 aliphatic rings. The fourth-order valence-corrected chi connectivity index (χ4v) is 2.92. The van der Waals surface area contributed by atoms with Crippen molar-refractivity contribution in [2.75, 3.05) is 0 Å². The normalized spacial score (nSPS) is 10.4. The van der Waals surface area contributed by atoms with Gasteiger partial charge in [0.05, 0.1) is 23.9 Å². The molecule has 0 fully saturated rings. The highest BCUT2D eigenvalue weighted by Gasteiger charge is 2.06. The Balaban J connectivity index is 1.59. The first-order valence-corrected chi connectivity index (χ1v) is 8.35. The third-order valence-corrected chi connectivity index (χ3v) is 4.19. The lowest BCUT2D eigenvalue weighted by Gasteiger charge is -2.04. The molecule has 0 saturated heterocycles. The first-order chi connectivity index (χ1) is 12.8. The molecule has 0 atom stereocenters. The molecule has 0 aliphatic heterocycles. The molecule has 4 heteroatoms. The predicted molar refractivity (Wildman–Crippen MR) is 101 cm³/mol. The number of nitriles is 1. The van der Waals surface area contributed by atoms with Crippen LogP contribution in [0.4, 0.5) is 0 Å². The summed E-state index contributed by atoms with van der Waals surface area (Å²) in [6.45, 7) is 0.637. The summed E-state index contributed by atoms with van der Waals surface area (Å²) in [6.07, 6.45) is 5.60. The van der Waals surface area contributed by atoms with Gasteiger partial charge in [-0.1, -0.05) is 36.4 Å². The van der Waals surface area contributed by atoms with E-state index in [9.17, 15) is 0 Å². The van der Waals surface area contributed by atoms with Crippen molar-refractivity contribution in [1.29, 1.82) is 5.26 Å². The van der Waals surface area contributed by atoms with Crippen molar-refractivity contribution in [3.63, 3.8) is 0 Å². The molecule has 4 rings (SSSR count). The summed E-state index contributed by atoms with van der Waals surface area (Å²) >= 11 is 0. The summed E-state index contributed by atoms with van der Waals surface area (Å²) in [5, 5.41) is 13.7. The Hall–Kier alpha value is -3.71. The molecule has 0 bridgehead atoms. The van der Waals surface area contributed by atoms with Crippen LogP contribution in [0.1, 0.15) is 11.1 Å². The van der Waals surface area contributed by atoms with Gasteiger partial charge in [0, 0.05) is 29.7 Å². The number of hydrogen-bond acceptors (Lipinski definition) is 3. The first kappa shape index (κ1) is 15.8. The molecule has 0 amide bonds. The van der Waals surface area contributed by atoms with Gasteiger partial charge in [0.25, 0.3) is 0 Å². The van der Waals surface area contributed by atoms with Crippen LogP contribution in [0.5, 0.6) is 0 Å². The van der Waals surface area contributed by atoms with Crippen LogP contribution in [0, 0.1) is 11.3 Å². The maximum Gasteiger partial charge on any atom is 0.0991 e. The molecule has 0 aliphatic carbocycles. The topological polar surface area (TPSA) is 54.5 Å². The maximum atomic E-state index is 9.02. The maximum absolute atomic E-state index is 9.02. The number of nitrogens with zero attached hydrogens (tertiary/aromatic N) is 4. The van der Waals surface area contributed by atoms with Crippen LogP contribution in [0.3, 0.4) is 0 Å². The van der Waals surface area contributed by atoms with Crippen LogP contribution in [-0.2, 0) is 6.54 Å². The van der Waals surface area contributed by atoms with Gasteiger partial charge in [-0.3, -0.25) is 9.67 Å². The first-order valence-electron chi connectivity index (χ1n) is 8.35. The van der Waals surface area contributed by atoms with E-state index in [4.69, 9.17) is 5.26 Å². The van der Waals surface area contributed by atoms with E-state index in [0.29, 0.717) is 12.1 Å². The quantitative estimate of drug-likeness (QED) is 0.550. The van der Waals surface area contributed by atoms with Crippen molar-refractivity contribution >= 4 is 0 Å². The van der Waals surface area contributed by atoms with Crippen LogP contribution in [0.25, 0.3) is 22.4 Å². The molecule has 2 heterocycles. The second kappa shape index (κ2) is 7.04. The molecule has 26 heavy (non-hydrogen) atoms. The highest BCUT2D eigenvalue weighted by Crippen LogP contribution is 2.25. The smallest absolute Gasteiger partial charge is 0.0991 e. The number of aromatic nitrogens is 3. The second-order valence-electron chi connectivity index (χ2n) is 6.03. The fourth-order valence-electron chi connectivity index (χ4n) is 2.92. The minimum Gasteiger partial charge on any atom is -0.268 e. The molecular formula is C22H16N4. The minimum atomic E-state index is 0.637.